The van der Waals surface area contributed by atoms with E-state index in [1.54, 1.807) is 48.8 Å². The molecule has 4 heteroatoms. The number of benzene rings is 1. The van der Waals surface area contributed by atoms with E-state index >= 15 is 0 Å². The van der Waals surface area contributed by atoms with Crippen LogP contribution in [0.1, 0.15) is 0 Å². The van der Waals surface area contributed by atoms with Gasteiger partial charge < -0.3 is 15.4 Å². The summed E-state index contributed by atoms with van der Waals surface area (Å²) in [4.78, 5) is 3.93. The van der Waals surface area contributed by atoms with Gasteiger partial charge in [-0.3, -0.25) is 4.98 Å². The average Bonchev–Trinajstić information content (AvgIpc) is 2.31. The molecule has 0 radical (unpaired) electrons. The maximum atomic E-state index is 10.5. The smallest absolute Gasteiger partial charge is 0.145 e. The summed E-state index contributed by atoms with van der Waals surface area (Å²) in [5.41, 5.74) is 1.38. The van der Waals surface area contributed by atoms with E-state index in [-0.39, 0.29) is 0 Å². The molecular formula is C11H10N2O2. The number of hydrogen-bond donors (Lipinski definition) is 1. The Morgan fingerprint density at radius 3 is 2.73 bits per heavy atom. The number of ether oxygens (including phenoxy) is 1. The van der Waals surface area contributed by atoms with Crippen LogP contribution in [0.2, 0.25) is 0 Å². The van der Waals surface area contributed by atoms with Crippen molar-refractivity contribution in [2.45, 2.75) is 0 Å². The quantitative estimate of drug-likeness (QED) is 0.607. The molecule has 4 nitrogen and oxygen atoms in total. The van der Waals surface area contributed by atoms with Crippen molar-refractivity contribution in [1.29, 1.82) is 0 Å². The zero-order chi connectivity index (χ0) is 10.5. The van der Waals surface area contributed by atoms with E-state index in [4.69, 9.17) is 4.74 Å². The number of hydrogen-bond acceptors (Lipinski definition) is 3. The Morgan fingerprint density at radius 1 is 1.13 bits per heavy atom. The Labute approximate surface area is 87.1 Å². The molecule has 0 bridgehead atoms. The van der Waals surface area contributed by atoms with Crippen LogP contribution in [0.4, 0.5) is 5.69 Å². The summed E-state index contributed by atoms with van der Waals surface area (Å²) >= 11 is 0. The van der Waals surface area contributed by atoms with Gasteiger partial charge in [0.25, 0.3) is 0 Å². The van der Waals surface area contributed by atoms with Crippen LogP contribution in [0.25, 0.3) is 0 Å². The van der Waals surface area contributed by atoms with Crippen molar-refractivity contribution in [3.8, 4) is 11.5 Å². The van der Waals surface area contributed by atoms with Crippen LogP contribution < -0.4 is 10.2 Å². The summed E-state index contributed by atoms with van der Waals surface area (Å²) in [6, 6.07) is 10.6. The minimum atomic E-state index is 0.594. The fraction of sp³-hybridized carbons (Fsp3) is 0. The second-order valence-electron chi connectivity index (χ2n) is 2.98. The van der Waals surface area contributed by atoms with Crippen molar-refractivity contribution in [1.82, 2.24) is 4.98 Å². The fourth-order valence-corrected chi connectivity index (χ4v) is 1.19. The highest BCUT2D eigenvalue weighted by molar-refractivity contribution is 5.39. The molecule has 0 fully saturated rings. The molecule has 0 spiro atoms. The van der Waals surface area contributed by atoms with E-state index in [9.17, 15) is 5.21 Å². The van der Waals surface area contributed by atoms with Gasteiger partial charge in [-0.2, -0.15) is 0 Å². The lowest BCUT2D eigenvalue weighted by molar-refractivity contribution is -0.497. The van der Waals surface area contributed by atoms with Gasteiger partial charge in [-0.15, -0.1) is 0 Å². The number of pyridine rings is 1. The summed E-state index contributed by atoms with van der Waals surface area (Å²) in [6.07, 6.45) is 3.29. The molecule has 2 aromatic rings. The highest BCUT2D eigenvalue weighted by Gasteiger charge is 1.98. The molecule has 2 N–H and O–H groups in total. The molecule has 0 saturated carbocycles. The van der Waals surface area contributed by atoms with Crippen LogP contribution >= 0.6 is 0 Å². The largest absolute Gasteiger partial charge is 0.630 e. The van der Waals surface area contributed by atoms with Gasteiger partial charge in [0.05, 0.1) is 6.20 Å². The first kappa shape index (κ1) is 9.64. The topological polar surface area (TPSA) is 61.8 Å². The molecule has 0 aliphatic carbocycles. The lowest BCUT2D eigenvalue weighted by Crippen LogP contribution is -2.70. The first-order valence-electron chi connectivity index (χ1n) is 4.51. The summed E-state index contributed by atoms with van der Waals surface area (Å²) < 4.78 is 5.50. The van der Waals surface area contributed by atoms with Gasteiger partial charge in [0, 0.05) is 12.3 Å². The molecule has 0 saturated heterocycles. The van der Waals surface area contributed by atoms with Crippen molar-refractivity contribution in [3.05, 3.63) is 54.0 Å². The van der Waals surface area contributed by atoms with Crippen molar-refractivity contribution >= 4 is 5.69 Å². The second kappa shape index (κ2) is 4.54. The van der Waals surface area contributed by atoms with E-state index in [0.29, 0.717) is 17.2 Å². The van der Waals surface area contributed by atoms with Gasteiger partial charge >= 0.3 is 0 Å². The van der Waals surface area contributed by atoms with Crippen LogP contribution in [0.3, 0.4) is 0 Å². The maximum Gasteiger partial charge on any atom is 0.145 e. The standard InChI is InChI=1S/C11H10N2O2/c14-13-9-3-1-4-10(7-9)15-11-5-2-6-12-8-11/h1-8H,13H2. The Balaban J connectivity index is 2.17. The van der Waals surface area contributed by atoms with Crippen molar-refractivity contribution < 1.29 is 10.2 Å². The zero-order valence-electron chi connectivity index (χ0n) is 7.96. The summed E-state index contributed by atoms with van der Waals surface area (Å²) in [6.45, 7) is 0. The number of nitrogens with two attached hydrogens (primary N) is 1. The molecule has 1 heterocycles. The number of aromatic nitrogens is 1. The number of nitrogens with zero attached hydrogens (tertiary/aromatic N) is 1. The van der Waals surface area contributed by atoms with Gasteiger partial charge in [-0.05, 0) is 24.3 Å². The van der Waals surface area contributed by atoms with E-state index in [1.807, 2.05) is 0 Å². The monoisotopic (exact) mass is 202 g/mol. The van der Waals surface area contributed by atoms with Gasteiger partial charge in [0.1, 0.15) is 17.2 Å². The van der Waals surface area contributed by atoms with Crippen LogP contribution in [-0.2, 0) is 0 Å². The van der Waals surface area contributed by atoms with Crippen LogP contribution in [0.5, 0.6) is 11.5 Å². The van der Waals surface area contributed by atoms with Gasteiger partial charge in [0.2, 0.25) is 0 Å². The molecule has 76 valence electrons. The Bertz CT molecular complexity index is 432. The van der Waals surface area contributed by atoms with E-state index in [2.05, 4.69) is 4.98 Å². The third kappa shape index (κ3) is 2.52. The fourth-order valence-electron chi connectivity index (χ4n) is 1.19. The Kier molecular flexibility index (Phi) is 2.92. The minimum absolute atomic E-state index is 0.594. The Morgan fingerprint density at radius 2 is 2.00 bits per heavy atom. The van der Waals surface area contributed by atoms with E-state index in [0.717, 1.165) is 5.48 Å². The molecule has 0 atom stereocenters. The third-order valence-electron chi connectivity index (χ3n) is 1.86. The van der Waals surface area contributed by atoms with Gasteiger partial charge in [0.15, 0.2) is 0 Å². The number of quaternary nitrogens is 1. The lowest BCUT2D eigenvalue weighted by atomic mass is 10.3. The zero-order valence-corrected chi connectivity index (χ0v) is 7.96. The maximum absolute atomic E-state index is 10.5. The molecular weight excluding hydrogens is 192 g/mol. The van der Waals surface area contributed by atoms with Crippen LogP contribution in [0.15, 0.2) is 48.8 Å². The van der Waals surface area contributed by atoms with Crippen LogP contribution in [0, 0.1) is 5.21 Å². The molecule has 0 aliphatic rings. The average molecular weight is 202 g/mol. The first-order valence-corrected chi connectivity index (χ1v) is 4.51. The van der Waals surface area contributed by atoms with E-state index < -0.39 is 0 Å². The summed E-state index contributed by atoms with van der Waals surface area (Å²) in [7, 11) is 0. The molecule has 0 amide bonds. The second-order valence-corrected chi connectivity index (χ2v) is 2.98. The molecule has 0 aliphatic heterocycles. The van der Waals surface area contributed by atoms with Gasteiger partial charge in [-0.1, -0.05) is 6.07 Å². The normalized spacial score (nSPS) is 9.93. The molecule has 1 aromatic carbocycles. The third-order valence-corrected chi connectivity index (χ3v) is 1.86. The van der Waals surface area contributed by atoms with Crippen molar-refractivity contribution in [2.24, 2.45) is 0 Å². The van der Waals surface area contributed by atoms with Crippen LogP contribution in [-0.4, -0.2) is 4.98 Å². The SMILES string of the molecule is [O-][NH2+]c1cccc(Oc2cccnc2)c1. The first-order chi connectivity index (χ1) is 7.38. The lowest BCUT2D eigenvalue weighted by Gasteiger charge is -2.06. The molecule has 0 unspecified atom stereocenters. The molecule has 15 heavy (non-hydrogen) atoms. The highest BCUT2D eigenvalue weighted by Crippen LogP contribution is 2.21. The molecule has 2 rings (SSSR count). The number of rotatable bonds is 3. The van der Waals surface area contributed by atoms with Crippen molar-refractivity contribution in [3.63, 3.8) is 0 Å². The Hall–Kier alpha value is -1.91. The van der Waals surface area contributed by atoms with Crippen molar-refractivity contribution in [2.75, 3.05) is 0 Å². The highest BCUT2D eigenvalue weighted by atomic mass is 16.5. The predicted octanol–water partition coefficient (Wildman–Crippen LogP) is 1.57. The van der Waals surface area contributed by atoms with Gasteiger partial charge in [-0.25, -0.2) is 0 Å². The minimum Gasteiger partial charge on any atom is -0.630 e. The van der Waals surface area contributed by atoms with E-state index in [1.165, 1.54) is 0 Å². The molecule has 1 aromatic heterocycles. The predicted molar refractivity (Wildman–Crippen MR) is 55.7 cm³/mol. The summed E-state index contributed by atoms with van der Waals surface area (Å²) in [5.74, 6) is 1.29. The summed E-state index contributed by atoms with van der Waals surface area (Å²) in [5, 5.41) is 10.5.